The van der Waals surface area contributed by atoms with Crippen LogP contribution in [0.3, 0.4) is 0 Å². The molecule has 0 bridgehead atoms. The van der Waals surface area contributed by atoms with Crippen LogP contribution in [0.2, 0.25) is 6.04 Å². The molecule has 0 heterocycles. The van der Waals surface area contributed by atoms with Gasteiger partial charge in [0.2, 0.25) is 0 Å². The third-order valence-corrected chi connectivity index (χ3v) is 7.14. The molecular formula is C19H29F5N2O4Si. The highest BCUT2D eigenvalue weighted by atomic mass is 28.4. The van der Waals surface area contributed by atoms with Crippen molar-refractivity contribution < 1.29 is 40.2 Å². The van der Waals surface area contributed by atoms with E-state index in [2.05, 4.69) is 0 Å². The molecule has 0 N–H and O–H groups in total. The van der Waals surface area contributed by atoms with Crippen molar-refractivity contribution in [2.24, 2.45) is 0 Å². The first-order valence-electron chi connectivity index (χ1n) is 9.89. The van der Waals surface area contributed by atoms with E-state index < -0.39 is 54.8 Å². The van der Waals surface area contributed by atoms with E-state index in [-0.39, 0.29) is 30.8 Å². The Morgan fingerprint density at radius 1 is 0.903 bits per heavy atom. The summed E-state index contributed by atoms with van der Waals surface area (Å²) >= 11 is 0. The molecule has 0 spiro atoms. The van der Waals surface area contributed by atoms with Crippen molar-refractivity contribution in [3.63, 3.8) is 0 Å². The molecule has 0 fully saturated rings. The Morgan fingerprint density at radius 3 is 1.84 bits per heavy atom. The van der Waals surface area contributed by atoms with Crippen LogP contribution in [0.4, 0.5) is 32.6 Å². The van der Waals surface area contributed by atoms with E-state index in [0.29, 0.717) is 12.1 Å². The maximum absolute atomic E-state index is 14.2. The summed E-state index contributed by atoms with van der Waals surface area (Å²) < 4.78 is 86.0. The summed E-state index contributed by atoms with van der Waals surface area (Å²) in [6.07, 6.45) is -0.755. The van der Waals surface area contributed by atoms with Gasteiger partial charge in [-0.2, -0.15) is 5.12 Å². The molecule has 12 heteroatoms. The molecule has 0 aromatic heterocycles. The Balaban J connectivity index is 2.86. The number of amides is 2. The molecule has 2 amide bonds. The summed E-state index contributed by atoms with van der Waals surface area (Å²) in [7, 11) is -3.26. The second kappa shape index (κ2) is 11.7. The number of halogens is 5. The van der Waals surface area contributed by atoms with Crippen molar-refractivity contribution in [3.05, 3.63) is 29.6 Å². The number of rotatable bonds is 11. The molecule has 0 saturated carbocycles. The summed E-state index contributed by atoms with van der Waals surface area (Å²) in [5.74, 6) is -5.49. The van der Waals surface area contributed by atoms with Gasteiger partial charge < -0.3 is 13.3 Å². The molecule has 0 saturated heterocycles. The summed E-state index contributed by atoms with van der Waals surface area (Å²) in [6.45, 7) is 10.1. The van der Waals surface area contributed by atoms with Crippen LogP contribution in [-0.4, -0.2) is 44.8 Å². The Morgan fingerprint density at radius 2 is 1.39 bits per heavy atom. The molecule has 1 aromatic rings. The standard InChI is InChI=1S/C19H29F5N2O4Si/c1-12(2)28-31(29-13(3)4,30-14(5)6)11-7-10-25(23)19(27)26(24)16-9-8-15(20)17(21)18(16)22/h8-9,12-14H,7,10-11H2,1-6H3. The molecule has 0 unspecified atom stereocenters. The minimum Gasteiger partial charge on any atom is -0.371 e. The minimum atomic E-state index is -3.26. The first-order valence-corrected chi connectivity index (χ1v) is 11.8. The van der Waals surface area contributed by atoms with Crippen LogP contribution in [-0.2, 0) is 13.3 Å². The molecule has 0 atom stereocenters. The summed E-state index contributed by atoms with van der Waals surface area (Å²) in [5, 5.41) is -1.43. The number of urea groups is 1. The highest BCUT2D eigenvalue weighted by molar-refractivity contribution is 6.60. The van der Waals surface area contributed by atoms with E-state index in [4.69, 9.17) is 13.3 Å². The number of carbonyl (C=O) groups excluding carboxylic acids is 1. The predicted octanol–water partition coefficient (Wildman–Crippen LogP) is 5.71. The van der Waals surface area contributed by atoms with Gasteiger partial charge in [0.1, 0.15) is 5.69 Å². The molecular weight excluding hydrogens is 443 g/mol. The zero-order valence-electron chi connectivity index (χ0n) is 18.4. The number of hydrogen-bond donors (Lipinski definition) is 0. The van der Waals surface area contributed by atoms with E-state index in [1.807, 2.05) is 0 Å². The third-order valence-electron chi connectivity index (χ3n) is 3.68. The van der Waals surface area contributed by atoms with Gasteiger partial charge in [0.25, 0.3) is 0 Å². The smallest absolute Gasteiger partial charge is 0.371 e. The topological polar surface area (TPSA) is 51.2 Å². The first-order chi connectivity index (χ1) is 14.3. The lowest BCUT2D eigenvalue weighted by Crippen LogP contribution is -2.51. The van der Waals surface area contributed by atoms with Crippen LogP contribution in [0.25, 0.3) is 0 Å². The normalized spacial score (nSPS) is 12.2. The van der Waals surface area contributed by atoms with E-state index in [9.17, 15) is 26.9 Å². The zero-order chi connectivity index (χ0) is 23.9. The lowest BCUT2D eigenvalue weighted by molar-refractivity contribution is 0.000869. The van der Waals surface area contributed by atoms with Gasteiger partial charge in [-0.1, -0.05) is 8.96 Å². The SMILES string of the molecule is CC(C)O[Si](CCCN(F)C(=O)N(F)c1ccc(F)c(F)c1F)(OC(C)C)OC(C)C. The van der Waals surface area contributed by atoms with Gasteiger partial charge in [0, 0.05) is 24.4 Å². The molecule has 1 rings (SSSR count). The molecule has 0 aliphatic heterocycles. The van der Waals surface area contributed by atoms with Gasteiger partial charge >= 0.3 is 14.8 Å². The Hall–Kier alpha value is -1.76. The summed E-state index contributed by atoms with van der Waals surface area (Å²) in [4.78, 5) is 11.9. The number of hydrogen-bond acceptors (Lipinski definition) is 4. The lowest BCUT2D eigenvalue weighted by Gasteiger charge is -2.34. The number of nitrogens with zero attached hydrogens (tertiary/aromatic N) is 2. The van der Waals surface area contributed by atoms with E-state index in [0.717, 1.165) is 0 Å². The van der Waals surface area contributed by atoms with Gasteiger partial charge in [-0.15, -0.1) is 5.12 Å². The Kier molecular flexibility index (Phi) is 10.3. The van der Waals surface area contributed by atoms with Crippen LogP contribution < -0.4 is 5.12 Å². The molecule has 1 aromatic carbocycles. The van der Waals surface area contributed by atoms with Crippen LogP contribution in [0, 0.1) is 17.5 Å². The minimum absolute atomic E-state index is 0.0191. The van der Waals surface area contributed by atoms with Gasteiger partial charge in [-0.25, -0.2) is 18.0 Å². The average molecular weight is 473 g/mol. The fourth-order valence-electron chi connectivity index (χ4n) is 2.73. The highest BCUT2D eigenvalue weighted by Crippen LogP contribution is 2.27. The monoisotopic (exact) mass is 472 g/mol. The zero-order valence-corrected chi connectivity index (χ0v) is 19.4. The van der Waals surface area contributed by atoms with Crippen LogP contribution >= 0.6 is 0 Å². The molecule has 31 heavy (non-hydrogen) atoms. The van der Waals surface area contributed by atoms with E-state index >= 15 is 0 Å². The maximum atomic E-state index is 14.2. The Labute approximate surface area is 180 Å². The van der Waals surface area contributed by atoms with Crippen LogP contribution in [0.15, 0.2) is 12.1 Å². The molecule has 178 valence electrons. The van der Waals surface area contributed by atoms with Crippen LogP contribution in [0.1, 0.15) is 48.0 Å². The summed E-state index contributed by atoms with van der Waals surface area (Å²) in [5.41, 5.74) is -1.25. The summed E-state index contributed by atoms with van der Waals surface area (Å²) in [6, 6.07) is -0.857. The maximum Gasteiger partial charge on any atom is 0.501 e. The average Bonchev–Trinajstić information content (AvgIpc) is 2.63. The quantitative estimate of drug-likeness (QED) is 0.179. The van der Waals surface area contributed by atoms with Gasteiger partial charge in [0.05, 0.1) is 6.54 Å². The van der Waals surface area contributed by atoms with Crippen molar-refractivity contribution in [2.75, 3.05) is 11.7 Å². The molecule has 6 nitrogen and oxygen atoms in total. The van der Waals surface area contributed by atoms with Gasteiger partial charge in [-0.05, 0) is 60.1 Å². The fraction of sp³-hybridized carbons (Fsp3) is 0.632. The highest BCUT2D eigenvalue weighted by Gasteiger charge is 2.44. The largest absolute Gasteiger partial charge is 0.501 e. The fourth-order valence-corrected chi connectivity index (χ4v) is 6.00. The van der Waals surface area contributed by atoms with Gasteiger partial charge in [0.15, 0.2) is 17.5 Å². The predicted molar refractivity (Wildman–Crippen MR) is 107 cm³/mol. The molecule has 0 aliphatic carbocycles. The Bertz CT molecular complexity index is 713. The van der Waals surface area contributed by atoms with Crippen molar-refractivity contribution in [1.29, 1.82) is 0 Å². The number of carbonyl (C=O) groups is 1. The van der Waals surface area contributed by atoms with Crippen molar-refractivity contribution in [1.82, 2.24) is 5.12 Å². The molecule has 0 radical (unpaired) electrons. The second-order valence-electron chi connectivity index (χ2n) is 7.63. The lowest BCUT2D eigenvalue weighted by atomic mass is 10.3. The van der Waals surface area contributed by atoms with Crippen molar-refractivity contribution >= 4 is 20.5 Å². The van der Waals surface area contributed by atoms with E-state index in [1.54, 1.807) is 41.5 Å². The number of anilines is 1. The van der Waals surface area contributed by atoms with Crippen molar-refractivity contribution in [2.45, 2.75) is 72.3 Å². The van der Waals surface area contributed by atoms with Crippen LogP contribution in [0.5, 0.6) is 0 Å². The first kappa shape index (κ1) is 27.3. The van der Waals surface area contributed by atoms with E-state index in [1.165, 1.54) is 0 Å². The van der Waals surface area contributed by atoms with Gasteiger partial charge in [-0.3, -0.25) is 0 Å². The number of benzene rings is 1. The molecule has 0 aliphatic rings. The second-order valence-corrected chi connectivity index (χ2v) is 10.2. The third kappa shape index (κ3) is 8.02. The van der Waals surface area contributed by atoms with Crippen molar-refractivity contribution in [3.8, 4) is 0 Å².